The Bertz CT molecular complexity index is 394. The van der Waals surface area contributed by atoms with Crippen molar-refractivity contribution in [1.29, 1.82) is 0 Å². The zero-order valence-electron chi connectivity index (χ0n) is 11.2. The predicted molar refractivity (Wildman–Crippen MR) is 73.5 cm³/mol. The molecule has 1 aliphatic rings. The number of carbonyl (C=O) groups excluding carboxylic acids is 1. The predicted octanol–water partition coefficient (Wildman–Crippen LogP) is 1.69. The summed E-state index contributed by atoms with van der Waals surface area (Å²) in [6, 6.07) is 9.95. The van der Waals surface area contributed by atoms with Crippen molar-refractivity contribution in [2.75, 3.05) is 19.6 Å². The molecule has 1 unspecified atom stereocenters. The van der Waals surface area contributed by atoms with Gasteiger partial charge in [-0.15, -0.1) is 0 Å². The van der Waals surface area contributed by atoms with Crippen LogP contribution >= 0.6 is 0 Å². The normalized spacial score (nSPS) is 19.8. The Labute approximate surface area is 109 Å². The molecule has 1 heterocycles. The molecule has 2 rings (SSSR count). The van der Waals surface area contributed by atoms with Gasteiger partial charge in [0.25, 0.3) is 0 Å². The molecule has 98 valence electrons. The highest BCUT2D eigenvalue weighted by molar-refractivity contribution is 5.87. The van der Waals surface area contributed by atoms with E-state index in [-0.39, 0.29) is 5.91 Å². The third-order valence-electron chi connectivity index (χ3n) is 3.78. The van der Waals surface area contributed by atoms with E-state index in [0.29, 0.717) is 5.92 Å². The number of hydrogen-bond donors (Lipinski definition) is 2. The summed E-state index contributed by atoms with van der Waals surface area (Å²) < 4.78 is 0. The third kappa shape index (κ3) is 2.91. The van der Waals surface area contributed by atoms with E-state index in [2.05, 4.69) is 10.6 Å². The molecular weight excluding hydrogens is 224 g/mol. The Morgan fingerprint density at radius 1 is 1.39 bits per heavy atom. The molecule has 18 heavy (non-hydrogen) atoms. The van der Waals surface area contributed by atoms with Gasteiger partial charge in [-0.2, -0.15) is 0 Å². The molecule has 0 radical (unpaired) electrons. The van der Waals surface area contributed by atoms with E-state index in [1.807, 2.05) is 44.2 Å². The second kappa shape index (κ2) is 5.53. The molecule has 1 saturated heterocycles. The average molecular weight is 246 g/mol. The van der Waals surface area contributed by atoms with Gasteiger partial charge in [-0.05, 0) is 44.8 Å². The van der Waals surface area contributed by atoms with Gasteiger partial charge in [0, 0.05) is 6.54 Å². The molecule has 2 N–H and O–H groups in total. The Kier molecular flexibility index (Phi) is 4.02. The number of carbonyl (C=O) groups is 1. The summed E-state index contributed by atoms with van der Waals surface area (Å²) in [6.45, 7) is 6.83. The molecule has 1 amide bonds. The van der Waals surface area contributed by atoms with Gasteiger partial charge in [-0.3, -0.25) is 4.79 Å². The van der Waals surface area contributed by atoms with Crippen LogP contribution < -0.4 is 10.6 Å². The van der Waals surface area contributed by atoms with Crippen molar-refractivity contribution >= 4 is 5.91 Å². The maximum absolute atomic E-state index is 12.3. The van der Waals surface area contributed by atoms with Gasteiger partial charge in [-0.25, -0.2) is 0 Å². The highest BCUT2D eigenvalue weighted by Gasteiger charge is 2.29. The Morgan fingerprint density at radius 3 is 2.72 bits per heavy atom. The van der Waals surface area contributed by atoms with Gasteiger partial charge >= 0.3 is 0 Å². The van der Waals surface area contributed by atoms with E-state index >= 15 is 0 Å². The minimum atomic E-state index is -0.465. The molecule has 0 bridgehead atoms. The van der Waals surface area contributed by atoms with Crippen LogP contribution in [0.4, 0.5) is 0 Å². The Hall–Kier alpha value is -1.35. The lowest BCUT2D eigenvalue weighted by molar-refractivity contribution is -0.125. The van der Waals surface area contributed by atoms with Gasteiger partial charge in [-0.1, -0.05) is 30.3 Å². The van der Waals surface area contributed by atoms with E-state index in [1.54, 1.807) is 0 Å². The zero-order valence-corrected chi connectivity index (χ0v) is 11.2. The van der Waals surface area contributed by atoms with E-state index in [0.717, 1.165) is 31.6 Å². The lowest BCUT2D eigenvalue weighted by Gasteiger charge is -2.25. The molecule has 0 aromatic heterocycles. The molecule has 1 atom stereocenters. The third-order valence-corrected chi connectivity index (χ3v) is 3.78. The molecule has 0 aliphatic carbocycles. The quantitative estimate of drug-likeness (QED) is 0.849. The van der Waals surface area contributed by atoms with Crippen LogP contribution in [-0.4, -0.2) is 25.5 Å². The maximum Gasteiger partial charge on any atom is 0.230 e. The lowest BCUT2D eigenvalue weighted by Crippen LogP contribution is -2.42. The number of hydrogen-bond acceptors (Lipinski definition) is 2. The van der Waals surface area contributed by atoms with Gasteiger partial charge in [0.15, 0.2) is 0 Å². The SMILES string of the molecule is CC(C)(C(=O)NCC1CCNC1)c1ccccc1. The van der Waals surface area contributed by atoms with Gasteiger partial charge < -0.3 is 10.6 Å². The second-order valence-corrected chi connectivity index (χ2v) is 5.56. The zero-order chi connectivity index (χ0) is 13.0. The van der Waals surface area contributed by atoms with Crippen molar-refractivity contribution in [1.82, 2.24) is 10.6 Å². The molecule has 1 fully saturated rings. The lowest BCUT2D eigenvalue weighted by atomic mass is 9.83. The molecular formula is C15H22N2O. The van der Waals surface area contributed by atoms with Crippen molar-refractivity contribution in [2.45, 2.75) is 25.7 Å². The van der Waals surface area contributed by atoms with Crippen LogP contribution in [0, 0.1) is 5.92 Å². The van der Waals surface area contributed by atoms with Crippen molar-refractivity contribution in [3.05, 3.63) is 35.9 Å². The van der Waals surface area contributed by atoms with E-state index < -0.39 is 5.41 Å². The fourth-order valence-electron chi connectivity index (χ4n) is 2.33. The monoisotopic (exact) mass is 246 g/mol. The van der Waals surface area contributed by atoms with Crippen molar-refractivity contribution in [3.63, 3.8) is 0 Å². The van der Waals surface area contributed by atoms with E-state index in [1.165, 1.54) is 0 Å². The fourth-order valence-corrected chi connectivity index (χ4v) is 2.33. The standard InChI is InChI=1S/C15H22N2O/c1-15(2,13-6-4-3-5-7-13)14(18)17-11-12-8-9-16-10-12/h3-7,12,16H,8-11H2,1-2H3,(H,17,18). The fraction of sp³-hybridized carbons (Fsp3) is 0.533. The summed E-state index contributed by atoms with van der Waals surface area (Å²) in [5.74, 6) is 0.695. The van der Waals surface area contributed by atoms with Crippen LogP contribution in [0.5, 0.6) is 0 Å². The molecule has 1 aromatic rings. The molecule has 1 aromatic carbocycles. The summed E-state index contributed by atoms with van der Waals surface area (Å²) in [5, 5.41) is 6.40. The van der Waals surface area contributed by atoms with E-state index in [9.17, 15) is 4.79 Å². The highest BCUT2D eigenvalue weighted by Crippen LogP contribution is 2.23. The summed E-state index contributed by atoms with van der Waals surface area (Å²) in [4.78, 5) is 12.3. The second-order valence-electron chi connectivity index (χ2n) is 5.56. The minimum Gasteiger partial charge on any atom is -0.355 e. The van der Waals surface area contributed by atoms with Gasteiger partial charge in [0.05, 0.1) is 5.41 Å². The maximum atomic E-state index is 12.3. The molecule has 3 heteroatoms. The average Bonchev–Trinajstić information content (AvgIpc) is 2.90. The number of nitrogens with one attached hydrogen (secondary N) is 2. The molecule has 3 nitrogen and oxygen atoms in total. The van der Waals surface area contributed by atoms with Crippen LogP contribution in [-0.2, 0) is 10.2 Å². The van der Waals surface area contributed by atoms with Crippen molar-refractivity contribution in [3.8, 4) is 0 Å². The van der Waals surface area contributed by atoms with Crippen LogP contribution in [0.15, 0.2) is 30.3 Å². The Morgan fingerprint density at radius 2 is 2.11 bits per heavy atom. The topological polar surface area (TPSA) is 41.1 Å². The first-order valence-electron chi connectivity index (χ1n) is 6.65. The smallest absolute Gasteiger partial charge is 0.230 e. The van der Waals surface area contributed by atoms with Crippen molar-refractivity contribution < 1.29 is 4.79 Å². The van der Waals surface area contributed by atoms with Crippen LogP contribution in [0.1, 0.15) is 25.8 Å². The summed E-state index contributed by atoms with van der Waals surface area (Å²) in [5.41, 5.74) is 0.597. The van der Waals surface area contributed by atoms with Crippen molar-refractivity contribution in [2.24, 2.45) is 5.92 Å². The summed E-state index contributed by atoms with van der Waals surface area (Å²) in [7, 11) is 0. The van der Waals surface area contributed by atoms with Crippen LogP contribution in [0.3, 0.4) is 0 Å². The van der Waals surface area contributed by atoms with Gasteiger partial charge in [0.1, 0.15) is 0 Å². The molecule has 1 aliphatic heterocycles. The number of benzene rings is 1. The van der Waals surface area contributed by atoms with Crippen LogP contribution in [0.25, 0.3) is 0 Å². The first-order chi connectivity index (χ1) is 8.60. The van der Waals surface area contributed by atoms with Crippen LogP contribution in [0.2, 0.25) is 0 Å². The largest absolute Gasteiger partial charge is 0.355 e. The molecule has 0 spiro atoms. The minimum absolute atomic E-state index is 0.112. The number of rotatable bonds is 4. The first kappa shape index (κ1) is 13.1. The molecule has 0 saturated carbocycles. The highest BCUT2D eigenvalue weighted by atomic mass is 16.2. The van der Waals surface area contributed by atoms with Gasteiger partial charge in [0.2, 0.25) is 5.91 Å². The van der Waals surface area contributed by atoms with E-state index in [4.69, 9.17) is 0 Å². The first-order valence-corrected chi connectivity index (χ1v) is 6.65. The summed E-state index contributed by atoms with van der Waals surface area (Å²) >= 11 is 0. The summed E-state index contributed by atoms with van der Waals surface area (Å²) in [6.07, 6.45) is 1.16. The number of amides is 1. The Balaban J connectivity index is 1.94.